The zero-order chi connectivity index (χ0) is 8.77. The molecular formula is C10H8Cl2. The maximum atomic E-state index is 6.15. The van der Waals surface area contributed by atoms with E-state index in [1.807, 2.05) is 37.3 Å². The molecule has 0 unspecified atom stereocenters. The Labute approximate surface area is 81.8 Å². The third-order valence-corrected chi connectivity index (χ3v) is 3.17. The van der Waals surface area contributed by atoms with Crippen LogP contribution in [0.2, 0.25) is 0 Å². The summed E-state index contributed by atoms with van der Waals surface area (Å²) in [6.45, 7) is 1.94. The molecule has 0 atom stereocenters. The molecule has 0 bridgehead atoms. The molecule has 0 aromatic heterocycles. The van der Waals surface area contributed by atoms with E-state index in [1.165, 1.54) is 0 Å². The first-order valence-electron chi connectivity index (χ1n) is 3.78. The predicted octanol–water partition coefficient (Wildman–Crippen LogP) is 3.73. The van der Waals surface area contributed by atoms with Gasteiger partial charge >= 0.3 is 0 Å². The molecule has 0 N–H and O–H groups in total. The molecule has 2 rings (SSSR count). The van der Waals surface area contributed by atoms with Crippen LogP contribution in [0.5, 0.6) is 0 Å². The Balaban J connectivity index is 2.66. The first-order valence-corrected chi connectivity index (χ1v) is 4.54. The van der Waals surface area contributed by atoms with Crippen molar-refractivity contribution in [2.75, 3.05) is 0 Å². The summed E-state index contributed by atoms with van der Waals surface area (Å²) < 4.78 is -0.809. The summed E-state index contributed by atoms with van der Waals surface area (Å²) >= 11 is 12.3. The fourth-order valence-electron chi connectivity index (χ4n) is 1.45. The van der Waals surface area contributed by atoms with Crippen LogP contribution in [0.15, 0.2) is 29.8 Å². The molecule has 0 heterocycles. The summed E-state index contributed by atoms with van der Waals surface area (Å²) in [5.41, 5.74) is 3.11. The van der Waals surface area contributed by atoms with E-state index >= 15 is 0 Å². The van der Waals surface area contributed by atoms with E-state index in [2.05, 4.69) is 0 Å². The van der Waals surface area contributed by atoms with Crippen molar-refractivity contribution in [2.45, 2.75) is 11.3 Å². The number of allylic oxidation sites excluding steroid dienone is 1. The molecule has 0 spiro atoms. The lowest BCUT2D eigenvalue weighted by Gasteiger charge is -2.15. The predicted molar refractivity (Wildman–Crippen MR) is 53.5 cm³/mol. The summed E-state index contributed by atoms with van der Waals surface area (Å²) in [5.74, 6) is 0. The Bertz CT molecular complexity index is 351. The van der Waals surface area contributed by atoms with Gasteiger partial charge < -0.3 is 0 Å². The van der Waals surface area contributed by atoms with E-state index in [0.717, 1.165) is 16.7 Å². The summed E-state index contributed by atoms with van der Waals surface area (Å²) in [5, 5.41) is 0. The van der Waals surface area contributed by atoms with Gasteiger partial charge in [-0.05, 0) is 23.6 Å². The molecule has 2 heteroatoms. The highest BCUT2D eigenvalue weighted by Gasteiger charge is 2.34. The molecule has 0 aliphatic heterocycles. The van der Waals surface area contributed by atoms with Gasteiger partial charge in [0.2, 0.25) is 0 Å². The van der Waals surface area contributed by atoms with Crippen LogP contribution in [0.1, 0.15) is 18.1 Å². The molecule has 1 aliphatic rings. The molecule has 1 aromatic carbocycles. The van der Waals surface area contributed by atoms with Gasteiger partial charge in [0.1, 0.15) is 0 Å². The average Bonchev–Trinajstić information content (AvgIpc) is 2.25. The quantitative estimate of drug-likeness (QED) is 0.558. The van der Waals surface area contributed by atoms with Crippen LogP contribution < -0.4 is 0 Å². The van der Waals surface area contributed by atoms with Crippen molar-refractivity contribution in [2.24, 2.45) is 0 Å². The van der Waals surface area contributed by atoms with Crippen molar-refractivity contribution in [3.63, 3.8) is 0 Å². The molecule has 1 aliphatic carbocycles. The van der Waals surface area contributed by atoms with Crippen LogP contribution in [0, 0.1) is 0 Å². The molecule has 0 nitrogen and oxygen atoms in total. The lowest BCUT2D eigenvalue weighted by atomic mass is 10.1. The van der Waals surface area contributed by atoms with Crippen LogP contribution in [-0.4, -0.2) is 0 Å². The van der Waals surface area contributed by atoms with Crippen molar-refractivity contribution in [1.82, 2.24) is 0 Å². The van der Waals surface area contributed by atoms with E-state index < -0.39 is 4.33 Å². The van der Waals surface area contributed by atoms with E-state index in [4.69, 9.17) is 23.2 Å². The number of hydrogen-bond acceptors (Lipinski definition) is 0. The minimum Gasteiger partial charge on any atom is -0.0913 e. The molecule has 0 saturated carbocycles. The van der Waals surface area contributed by atoms with Gasteiger partial charge in [-0.25, -0.2) is 0 Å². The topological polar surface area (TPSA) is 0 Å². The zero-order valence-corrected chi connectivity index (χ0v) is 8.15. The van der Waals surface area contributed by atoms with Crippen molar-refractivity contribution >= 4 is 29.3 Å². The third-order valence-electron chi connectivity index (χ3n) is 2.17. The Morgan fingerprint density at radius 3 is 2.50 bits per heavy atom. The zero-order valence-electron chi connectivity index (χ0n) is 6.64. The van der Waals surface area contributed by atoms with Crippen LogP contribution in [0.4, 0.5) is 0 Å². The Hall–Kier alpha value is -0.460. The molecule has 0 radical (unpaired) electrons. The van der Waals surface area contributed by atoms with Gasteiger partial charge in [-0.15, -0.1) is 0 Å². The molecule has 62 valence electrons. The van der Waals surface area contributed by atoms with Crippen LogP contribution >= 0.6 is 23.2 Å². The smallest absolute Gasteiger partial charge is 0.0913 e. The van der Waals surface area contributed by atoms with Crippen molar-refractivity contribution < 1.29 is 0 Å². The fraction of sp³-hybridized carbons (Fsp3) is 0.200. The summed E-state index contributed by atoms with van der Waals surface area (Å²) in [7, 11) is 0. The molecule has 12 heavy (non-hydrogen) atoms. The second-order valence-electron chi connectivity index (χ2n) is 2.99. The second-order valence-corrected chi connectivity index (χ2v) is 4.32. The standard InChI is InChI=1S/C10H8Cl2/c1-7-6-8-4-2-3-5-9(8)10(7,11)12/h2-6H,1H3. The van der Waals surface area contributed by atoms with E-state index in [-0.39, 0.29) is 0 Å². The number of hydrogen-bond donors (Lipinski definition) is 0. The van der Waals surface area contributed by atoms with Crippen molar-refractivity contribution in [3.05, 3.63) is 41.0 Å². The minimum atomic E-state index is -0.809. The van der Waals surface area contributed by atoms with Gasteiger partial charge in [-0.3, -0.25) is 0 Å². The van der Waals surface area contributed by atoms with Crippen LogP contribution in [-0.2, 0) is 4.33 Å². The minimum absolute atomic E-state index is 0.809. The monoisotopic (exact) mass is 198 g/mol. The van der Waals surface area contributed by atoms with E-state index in [0.29, 0.717) is 0 Å². The second kappa shape index (κ2) is 2.51. The Morgan fingerprint density at radius 1 is 1.17 bits per heavy atom. The van der Waals surface area contributed by atoms with Crippen LogP contribution in [0.25, 0.3) is 6.08 Å². The fourth-order valence-corrected chi connectivity index (χ4v) is 1.90. The van der Waals surface area contributed by atoms with Gasteiger partial charge in [0.05, 0.1) is 0 Å². The Morgan fingerprint density at radius 2 is 1.83 bits per heavy atom. The van der Waals surface area contributed by atoms with Gasteiger partial charge in [-0.1, -0.05) is 53.5 Å². The number of alkyl halides is 2. The molecule has 1 aromatic rings. The van der Waals surface area contributed by atoms with Gasteiger partial charge in [0, 0.05) is 0 Å². The first kappa shape index (κ1) is 8.15. The van der Waals surface area contributed by atoms with Crippen molar-refractivity contribution in [3.8, 4) is 0 Å². The Kier molecular flexibility index (Phi) is 1.71. The highest BCUT2D eigenvalue weighted by Crippen LogP contribution is 2.47. The molecule has 0 amide bonds. The SMILES string of the molecule is CC1=Cc2ccccc2C1(Cl)Cl. The number of rotatable bonds is 0. The first-order chi connectivity index (χ1) is 5.62. The summed E-state index contributed by atoms with van der Waals surface area (Å²) in [6, 6.07) is 7.91. The maximum Gasteiger partial charge on any atom is 0.164 e. The lowest BCUT2D eigenvalue weighted by molar-refractivity contribution is 1.04. The largest absolute Gasteiger partial charge is 0.164 e. The third kappa shape index (κ3) is 0.988. The number of benzene rings is 1. The lowest BCUT2D eigenvalue weighted by Crippen LogP contribution is -2.07. The molecule has 0 fully saturated rings. The highest BCUT2D eigenvalue weighted by atomic mass is 35.5. The van der Waals surface area contributed by atoms with Gasteiger partial charge in [-0.2, -0.15) is 0 Å². The van der Waals surface area contributed by atoms with E-state index in [1.54, 1.807) is 0 Å². The number of fused-ring (bicyclic) bond motifs is 1. The molecule has 0 saturated heterocycles. The summed E-state index contributed by atoms with van der Waals surface area (Å²) in [6.07, 6.45) is 2.02. The highest BCUT2D eigenvalue weighted by molar-refractivity contribution is 6.51. The van der Waals surface area contributed by atoms with Gasteiger partial charge in [0.25, 0.3) is 0 Å². The average molecular weight is 199 g/mol. The molecular weight excluding hydrogens is 191 g/mol. The van der Waals surface area contributed by atoms with E-state index in [9.17, 15) is 0 Å². The summed E-state index contributed by atoms with van der Waals surface area (Å²) in [4.78, 5) is 0. The number of halogens is 2. The van der Waals surface area contributed by atoms with Gasteiger partial charge in [0.15, 0.2) is 4.33 Å². The maximum absolute atomic E-state index is 6.15. The normalized spacial score (nSPS) is 18.8. The van der Waals surface area contributed by atoms with Crippen LogP contribution in [0.3, 0.4) is 0 Å². The van der Waals surface area contributed by atoms with Crippen molar-refractivity contribution in [1.29, 1.82) is 0 Å².